The Morgan fingerprint density at radius 1 is 1.32 bits per heavy atom. The van der Waals surface area contributed by atoms with Crippen LogP contribution in [0.1, 0.15) is 11.1 Å². The highest BCUT2D eigenvalue weighted by atomic mass is 16.5. The molecule has 19 heavy (non-hydrogen) atoms. The van der Waals surface area contributed by atoms with Crippen LogP contribution < -0.4 is 21.1 Å². The number of rotatable bonds is 5. The van der Waals surface area contributed by atoms with Crippen LogP contribution in [0.4, 0.5) is 0 Å². The van der Waals surface area contributed by atoms with Crippen molar-refractivity contribution in [3.63, 3.8) is 0 Å². The third-order valence-electron chi connectivity index (χ3n) is 2.90. The minimum Gasteiger partial charge on any atom is -0.496 e. The minimum atomic E-state index is -0.712. The number of carbonyl (C=O) groups is 1. The van der Waals surface area contributed by atoms with Crippen LogP contribution in [0.25, 0.3) is 0 Å². The topological polar surface area (TPSA) is 90.8 Å². The molecule has 0 saturated heterocycles. The summed E-state index contributed by atoms with van der Waals surface area (Å²) in [5.41, 5.74) is 7.61. The van der Waals surface area contributed by atoms with Crippen molar-refractivity contribution < 1.29 is 14.3 Å². The maximum Gasteiger partial charge on any atom is 0.253 e. The van der Waals surface area contributed by atoms with Gasteiger partial charge in [-0.15, -0.1) is 0 Å². The molecule has 0 aliphatic rings. The summed E-state index contributed by atoms with van der Waals surface area (Å²) in [6.45, 7) is 1.92. The fourth-order valence-corrected chi connectivity index (χ4v) is 1.86. The lowest BCUT2D eigenvalue weighted by molar-refractivity contribution is -0.131. The van der Waals surface area contributed by atoms with Gasteiger partial charge in [0.25, 0.3) is 5.91 Å². The van der Waals surface area contributed by atoms with Crippen LogP contribution >= 0.6 is 0 Å². The van der Waals surface area contributed by atoms with Crippen molar-refractivity contribution in [2.45, 2.75) is 19.4 Å². The zero-order valence-electron chi connectivity index (χ0n) is 11.8. The molecule has 0 radical (unpaired) electrons. The van der Waals surface area contributed by atoms with Gasteiger partial charge in [0.1, 0.15) is 11.5 Å². The van der Waals surface area contributed by atoms with Crippen molar-refractivity contribution in [2.24, 2.45) is 11.6 Å². The molecule has 1 unspecified atom stereocenters. The molecule has 6 nitrogen and oxygen atoms in total. The van der Waals surface area contributed by atoms with E-state index in [4.69, 9.17) is 21.1 Å². The molecule has 0 fully saturated rings. The number of aryl methyl sites for hydroxylation is 1. The van der Waals surface area contributed by atoms with Gasteiger partial charge in [-0.25, -0.2) is 5.84 Å². The fraction of sp³-hybridized carbons (Fsp3) is 0.462. The Kier molecular flexibility index (Phi) is 5.14. The number of carbonyl (C=O) groups excluding carboxylic acids is 1. The Morgan fingerprint density at radius 2 is 1.89 bits per heavy atom. The van der Waals surface area contributed by atoms with E-state index in [0.29, 0.717) is 12.2 Å². The van der Waals surface area contributed by atoms with Gasteiger partial charge in [-0.1, -0.05) is 0 Å². The van der Waals surface area contributed by atoms with Crippen molar-refractivity contribution in [1.29, 1.82) is 0 Å². The van der Waals surface area contributed by atoms with Crippen molar-refractivity contribution >= 4 is 5.91 Å². The number of hydrogen-bond donors (Lipinski definition) is 2. The lowest BCUT2D eigenvalue weighted by atomic mass is 10.0. The van der Waals surface area contributed by atoms with E-state index in [1.807, 2.05) is 19.1 Å². The van der Waals surface area contributed by atoms with E-state index in [2.05, 4.69) is 0 Å². The maximum atomic E-state index is 11.7. The molecule has 4 N–H and O–H groups in total. The van der Waals surface area contributed by atoms with Gasteiger partial charge in [-0.3, -0.25) is 9.80 Å². The summed E-state index contributed by atoms with van der Waals surface area (Å²) in [5, 5.41) is 0.989. The smallest absolute Gasteiger partial charge is 0.253 e. The Labute approximate surface area is 113 Å². The fourth-order valence-electron chi connectivity index (χ4n) is 1.86. The number of nitrogens with two attached hydrogens (primary N) is 2. The molecule has 0 aliphatic carbocycles. The van der Waals surface area contributed by atoms with Crippen LogP contribution in [0, 0.1) is 6.92 Å². The highest BCUT2D eigenvalue weighted by Crippen LogP contribution is 2.29. The van der Waals surface area contributed by atoms with E-state index >= 15 is 0 Å². The summed E-state index contributed by atoms with van der Waals surface area (Å²) in [5.74, 6) is 6.47. The first kappa shape index (κ1) is 15.3. The Bertz CT molecular complexity index is 461. The number of hydrazine groups is 1. The van der Waals surface area contributed by atoms with Crippen LogP contribution in [0.2, 0.25) is 0 Å². The molecule has 1 atom stereocenters. The summed E-state index contributed by atoms with van der Waals surface area (Å²) in [6.07, 6.45) is 0.334. The highest BCUT2D eigenvalue weighted by molar-refractivity contribution is 5.81. The van der Waals surface area contributed by atoms with Gasteiger partial charge in [-0.2, -0.15) is 0 Å². The van der Waals surface area contributed by atoms with Gasteiger partial charge in [0.15, 0.2) is 0 Å². The molecule has 0 spiro atoms. The van der Waals surface area contributed by atoms with Crippen molar-refractivity contribution in [3.05, 3.63) is 23.3 Å². The van der Waals surface area contributed by atoms with E-state index in [-0.39, 0.29) is 5.91 Å². The minimum absolute atomic E-state index is 0.332. The van der Waals surface area contributed by atoms with E-state index in [1.54, 1.807) is 14.2 Å². The largest absolute Gasteiger partial charge is 0.496 e. The molecular weight excluding hydrogens is 246 g/mol. The Balaban J connectivity index is 3.02. The van der Waals surface area contributed by atoms with Crippen LogP contribution in [0.15, 0.2) is 12.1 Å². The molecule has 0 aliphatic heterocycles. The van der Waals surface area contributed by atoms with Crippen molar-refractivity contribution in [2.75, 3.05) is 21.3 Å². The quantitative estimate of drug-likeness (QED) is 0.452. The number of benzene rings is 1. The summed E-state index contributed by atoms with van der Waals surface area (Å²) in [7, 11) is 4.64. The van der Waals surface area contributed by atoms with E-state index in [0.717, 1.165) is 21.9 Å². The van der Waals surface area contributed by atoms with Gasteiger partial charge < -0.3 is 15.2 Å². The van der Waals surface area contributed by atoms with Gasteiger partial charge in [0.2, 0.25) is 0 Å². The Hall–Kier alpha value is -1.79. The summed E-state index contributed by atoms with van der Waals surface area (Å²) in [4.78, 5) is 11.7. The van der Waals surface area contributed by atoms with E-state index in [1.165, 1.54) is 7.05 Å². The molecule has 0 heterocycles. The monoisotopic (exact) mass is 267 g/mol. The van der Waals surface area contributed by atoms with E-state index in [9.17, 15) is 4.79 Å². The summed E-state index contributed by atoms with van der Waals surface area (Å²) >= 11 is 0. The predicted molar refractivity (Wildman–Crippen MR) is 72.9 cm³/mol. The molecule has 0 saturated carbocycles. The normalized spacial score (nSPS) is 11.9. The third-order valence-corrected chi connectivity index (χ3v) is 2.90. The molecule has 0 aromatic heterocycles. The predicted octanol–water partition coefficient (Wildman–Crippen LogP) is 0.214. The van der Waals surface area contributed by atoms with Crippen molar-refractivity contribution in [1.82, 2.24) is 5.01 Å². The molecule has 0 bridgehead atoms. The van der Waals surface area contributed by atoms with E-state index < -0.39 is 6.04 Å². The molecular formula is C13H21N3O3. The second kappa shape index (κ2) is 6.40. The zero-order chi connectivity index (χ0) is 14.6. The lowest BCUT2D eigenvalue weighted by Gasteiger charge is -2.18. The summed E-state index contributed by atoms with van der Waals surface area (Å²) < 4.78 is 10.6. The molecule has 1 amide bonds. The highest BCUT2D eigenvalue weighted by Gasteiger charge is 2.19. The second-order valence-corrected chi connectivity index (χ2v) is 4.39. The first-order valence-electron chi connectivity index (χ1n) is 5.90. The molecule has 1 rings (SSSR count). The number of nitrogens with zero attached hydrogens (tertiary/aromatic N) is 1. The number of amides is 1. The zero-order valence-corrected chi connectivity index (χ0v) is 11.8. The first-order chi connectivity index (χ1) is 8.90. The number of hydrogen-bond acceptors (Lipinski definition) is 5. The second-order valence-electron chi connectivity index (χ2n) is 4.39. The average molecular weight is 267 g/mol. The van der Waals surface area contributed by atoms with Gasteiger partial charge in [-0.05, 0) is 30.2 Å². The molecule has 6 heteroatoms. The molecule has 1 aromatic rings. The van der Waals surface area contributed by atoms with Crippen LogP contribution in [-0.4, -0.2) is 38.2 Å². The average Bonchev–Trinajstić information content (AvgIpc) is 2.38. The van der Waals surface area contributed by atoms with Gasteiger partial charge >= 0.3 is 0 Å². The van der Waals surface area contributed by atoms with Crippen molar-refractivity contribution in [3.8, 4) is 11.5 Å². The SMILES string of the molecule is COc1cc(CC(N)C(=O)N(C)N)c(OC)cc1C. The van der Waals surface area contributed by atoms with Crippen LogP contribution in [0.3, 0.4) is 0 Å². The number of methoxy groups -OCH3 is 2. The maximum absolute atomic E-state index is 11.7. The third kappa shape index (κ3) is 3.59. The lowest BCUT2D eigenvalue weighted by Crippen LogP contribution is -2.46. The number of likely N-dealkylation sites (N-methyl/N-ethyl adjacent to an activating group) is 1. The van der Waals surface area contributed by atoms with Crippen LogP contribution in [0.5, 0.6) is 11.5 Å². The molecule has 1 aromatic carbocycles. The van der Waals surface area contributed by atoms with Crippen LogP contribution in [-0.2, 0) is 11.2 Å². The van der Waals surface area contributed by atoms with Gasteiger partial charge in [0, 0.05) is 13.5 Å². The number of ether oxygens (including phenoxy) is 2. The Morgan fingerprint density at radius 3 is 2.37 bits per heavy atom. The standard InChI is InChI=1S/C13H21N3O3/c1-8-5-12(19-4)9(7-11(8)18-3)6-10(14)13(17)16(2)15/h5,7,10H,6,14-15H2,1-4H3. The first-order valence-corrected chi connectivity index (χ1v) is 5.90. The van der Waals surface area contributed by atoms with Gasteiger partial charge in [0.05, 0.1) is 20.3 Å². The summed E-state index contributed by atoms with van der Waals surface area (Å²) in [6, 6.07) is 2.98. The molecule has 106 valence electrons.